The average Bonchev–Trinajstić information content (AvgIpc) is 3.03. The lowest BCUT2D eigenvalue weighted by Crippen LogP contribution is -2.48. The van der Waals surface area contributed by atoms with Gasteiger partial charge in [-0.15, -0.1) is 11.3 Å². The summed E-state index contributed by atoms with van der Waals surface area (Å²) < 4.78 is 0. The van der Waals surface area contributed by atoms with Crippen molar-refractivity contribution < 1.29 is 9.90 Å². The first kappa shape index (κ1) is 14.2. The van der Waals surface area contributed by atoms with E-state index < -0.39 is 0 Å². The minimum Gasteiger partial charge on any atom is -0.507 e. The Morgan fingerprint density at radius 3 is 2.71 bits per heavy atom. The molecule has 3 rings (SSSR count). The summed E-state index contributed by atoms with van der Waals surface area (Å²) in [5.41, 5.74) is 0.255. The van der Waals surface area contributed by atoms with Crippen molar-refractivity contribution in [2.24, 2.45) is 0 Å². The maximum absolute atomic E-state index is 12.4. The molecule has 1 aliphatic heterocycles. The number of carbonyl (C=O) groups is 1. The zero-order valence-electron chi connectivity index (χ0n) is 11.2. The Labute approximate surface area is 131 Å². The number of piperazine rings is 1. The number of hydrogen-bond acceptors (Lipinski definition) is 5. The fourth-order valence-corrected chi connectivity index (χ4v) is 3.19. The quantitative estimate of drug-likeness (QED) is 0.922. The van der Waals surface area contributed by atoms with Crippen LogP contribution in [0.2, 0.25) is 5.02 Å². The number of carbonyl (C=O) groups excluding carboxylic acids is 1. The number of aromatic nitrogens is 1. The molecule has 2 aromatic rings. The van der Waals surface area contributed by atoms with Gasteiger partial charge in [-0.05, 0) is 18.2 Å². The van der Waals surface area contributed by atoms with E-state index in [4.69, 9.17) is 11.6 Å². The van der Waals surface area contributed by atoms with Crippen molar-refractivity contribution >= 4 is 34.0 Å². The highest BCUT2D eigenvalue weighted by Crippen LogP contribution is 2.24. The largest absolute Gasteiger partial charge is 0.507 e. The van der Waals surface area contributed by atoms with E-state index in [0.717, 1.165) is 18.2 Å². The molecule has 0 spiro atoms. The first-order valence-corrected chi connectivity index (χ1v) is 7.83. The van der Waals surface area contributed by atoms with E-state index in [-0.39, 0.29) is 17.2 Å². The van der Waals surface area contributed by atoms with E-state index in [1.165, 1.54) is 12.1 Å². The van der Waals surface area contributed by atoms with Crippen molar-refractivity contribution in [3.05, 3.63) is 40.4 Å². The number of halogens is 1. The molecule has 1 aliphatic rings. The van der Waals surface area contributed by atoms with Gasteiger partial charge in [-0.25, -0.2) is 4.98 Å². The van der Waals surface area contributed by atoms with Crippen LogP contribution in [0.15, 0.2) is 29.8 Å². The molecule has 0 atom stereocenters. The van der Waals surface area contributed by atoms with E-state index in [9.17, 15) is 9.90 Å². The van der Waals surface area contributed by atoms with Gasteiger partial charge >= 0.3 is 0 Å². The molecular formula is C14H14ClN3O2S. The molecule has 0 aliphatic carbocycles. The molecule has 7 heteroatoms. The average molecular weight is 324 g/mol. The monoisotopic (exact) mass is 323 g/mol. The Hall–Kier alpha value is -1.79. The third kappa shape index (κ3) is 2.96. The summed E-state index contributed by atoms with van der Waals surface area (Å²) in [5, 5.41) is 13.2. The van der Waals surface area contributed by atoms with E-state index in [1.54, 1.807) is 28.5 Å². The molecule has 1 amide bonds. The van der Waals surface area contributed by atoms with Crippen LogP contribution in [0.3, 0.4) is 0 Å². The van der Waals surface area contributed by atoms with E-state index in [1.807, 2.05) is 5.38 Å². The molecule has 1 N–H and O–H groups in total. The van der Waals surface area contributed by atoms with Crippen LogP contribution in [0.5, 0.6) is 5.75 Å². The fourth-order valence-electron chi connectivity index (χ4n) is 2.32. The summed E-state index contributed by atoms with van der Waals surface area (Å²) in [6.45, 7) is 2.68. The topological polar surface area (TPSA) is 56.7 Å². The smallest absolute Gasteiger partial charge is 0.257 e. The lowest BCUT2D eigenvalue weighted by molar-refractivity contribution is 0.0743. The van der Waals surface area contributed by atoms with Gasteiger partial charge in [0.05, 0.1) is 5.56 Å². The third-order valence-corrected chi connectivity index (χ3v) is 4.51. The van der Waals surface area contributed by atoms with Crippen molar-refractivity contribution in [2.75, 3.05) is 31.1 Å². The predicted molar refractivity (Wildman–Crippen MR) is 83.3 cm³/mol. The minimum atomic E-state index is -0.186. The second-order valence-corrected chi connectivity index (χ2v) is 6.06. The lowest BCUT2D eigenvalue weighted by atomic mass is 10.1. The van der Waals surface area contributed by atoms with Gasteiger partial charge in [-0.2, -0.15) is 0 Å². The fraction of sp³-hybridized carbons (Fsp3) is 0.286. The lowest BCUT2D eigenvalue weighted by Gasteiger charge is -2.34. The molecular weight excluding hydrogens is 310 g/mol. The SMILES string of the molecule is O=C(c1cc(Cl)ccc1O)N1CCN(c2nccs2)CC1. The standard InChI is InChI=1S/C14H14ClN3O2S/c15-10-1-2-12(19)11(9-10)13(20)17-4-6-18(7-5-17)14-16-3-8-21-14/h1-3,8-9,19H,4-7H2. The molecule has 5 nitrogen and oxygen atoms in total. The van der Waals surface area contributed by atoms with E-state index >= 15 is 0 Å². The number of anilines is 1. The van der Waals surface area contributed by atoms with E-state index in [0.29, 0.717) is 18.1 Å². The zero-order chi connectivity index (χ0) is 14.8. The number of nitrogens with zero attached hydrogens (tertiary/aromatic N) is 3. The van der Waals surface area contributed by atoms with Gasteiger partial charge in [0.25, 0.3) is 5.91 Å². The van der Waals surface area contributed by atoms with Crippen LogP contribution in [0, 0.1) is 0 Å². The number of rotatable bonds is 2. The number of phenols is 1. The number of amides is 1. The highest BCUT2D eigenvalue weighted by Gasteiger charge is 2.24. The highest BCUT2D eigenvalue weighted by atomic mass is 35.5. The molecule has 0 bridgehead atoms. The van der Waals surface area contributed by atoms with Gasteiger partial charge in [0.15, 0.2) is 5.13 Å². The Bertz CT molecular complexity index is 640. The first-order valence-electron chi connectivity index (χ1n) is 6.57. The Kier molecular flexibility index (Phi) is 3.98. The van der Waals surface area contributed by atoms with E-state index in [2.05, 4.69) is 9.88 Å². The second kappa shape index (κ2) is 5.91. The summed E-state index contributed by atoms with van der Waals surface area (Å²) in [6.07, 6.45) is 1.78. The molecule has 21 heavy (non-hydrogen) atoms. The van der Waals surface area contributed by atoms with Gasteiger partial charge < -0.3 is 14.9 Å². The number of hydrogen-bond donors (Lipinski definition) is 1. The molecule has 2 heterocycles. The summed E-state index contributed by atoms with van der Waals surface area (Å²) in [4.78, 5) is 20.6. The molecule has 0 unspecified atom stereocenters. The second-order valence-electron chi connectivity index (χ2n) is 4.76. The Morgan fingerprint density at radius 2 is 2.05 bits per heavy atom. The van der Waals surface area contributed by atoms with Crippen LogP contribution in [0.4, 0.5) is 5.13 Å². The van der Waals surface area contributed by atoms with Gasteiger partial charge in [-0.1, -0.05) is 11.6 Å². The van der Waals surface area contributed by atoms with Gasteiger partial charge in [0, 0.05) is 42.8 Å². The summed E-state index contributed by atoms with van der Waals surface area (Å²) >= 11 is 7.49. The number of benzene rings is 1. The van der Waals surface area contributed by atoms with Crippen LogP contribution in [-0.2, 0) is 0 Å². The molecule has 110 valence electrons. The molecule has 1 aromatic heterocycles. The van der Waals surface area contributed by atoms with Crippen molar-refractivity contribution in [1.29, 1.82) is 0 Å². The minimum absolute atomic E-state index is 0.0354. The van der Waals surface area contributed by atoms with Crippen molar-refractivity contribution in [1.82, 2.24) is 9.88 Å². The van der Waals surface area contributed by atoms with Crippen molar-refractivity contribution in [3.8, 4) is 5.75 Å². The molecule has 1 aromatic carbocycles. The van der Waals surface area contributed by atoms with Gasteiger partial charge in [0.2, 0.25) is 0 Å². The van der Waals surface area contributed by atoms with Crippen molar-refractivity contribution in [2.45, 2.75) is 0 Å². The third-order valence-electron chi connectivity index (χ3n) is 3.45. The molecule has 1 saturated heterocycles. The first-order chi connectivity index (χ1) is 10.1. The Balaban J connectivity index is 1.69. The number of thiazole rings is 1. The van der Waals surface area contributed by atoms with Crippen molar-refractivity contribution in [3.63, 3.8) is 0 Å². The van der Waals surface area contributed by atoms with Gasteiger partial charge in [-0.3, -0.25) is 4.79 Å². The summed E-state index contributed by atoms with van der Waals surface area (Å²) in [5.74, 6) is -0.222. The molecule has 0 saturated carbocycles. The maximum Gasteiger partial charge on any atom is 0.257 e. The summed E-state index contributed by atoms with van der Waals surface area (Å²) in [6, 6.07) is 4.52. The number of phenolic OH excluding ortho intramolecular Hbond substituents is 1. The van der Waals surface area contributed by atoms with Crippen LogP contribution >= 0.6 is 22.9 Å². The molecule has 1 fully saturated rings. The predicted octanol–water partition coefficient (Wildman–Crippen LogP) is 2.46. The normalized spacial score (nSPS) is 15.3. The highest BCUT2D eigenvalue weighted by molar-refractivity contribution is 7.13. The Morgan fingerprint density at radius 1 is 1.29 bits per heavy atom. The van der Waals surface area contributed by atoms with Crippen LogP contribution < -0.4 is 4.90 Å². The molecule has 0 radical (unpaired) electrons. The zero-order valence-corrected chi connectivity index (χ0v) is 12.8. The van der Waals surface area contributed by atoms with Crippen LogP contribution in [0.1, 0.15) is 10.4 Å². The summed E-state index contributed by atoms with van der Waals surface area (Å²) in [7, 11) is 0. The van der Waals surface area contributed by atoms with Crippen LogP contribution in [-0.4, -0.2) is 47.1 Å². The maximum atomic E-state index is 12.4. The number of aromatic hydroxyl groups is 1. The van der Waals surface area contributed by atoms with Crippen LogP contribution in [0.25, 0.3) is 0 Å². The van der Waals surface area contributed by atoms with Gasteiger partial charge in [0.1, 0.15) is 5.75 Å².